The third kappa shape index (κ3) is 4.96. The molecule has 2 rings (SSSR count). The normalized spacial score (nSPS) is 17.3. The summed E-state index contributed by atoms with van der Waals surface area (Å²) in [5, 5.41) is 3.22. The zero-order valence-corrected chi connectivity index (χ0v) is 12.2. The number of ether oxygens (including phenoxy) is 1. The Bertz CT molecular complexity index is 356. The van der Waals surface area contributed by atoms with Gasteiger partial charge in [0.05, 0.1) is 12.7 Å². The van der Waals surface area contributed by atoms with E-state index in [1.807, 2.05) is 7.05 Å². The maximum atomic E-state index is 6.15. The molecule has 1 saturated carbocycles. The van der Waals surface area contributed by atoms with Gasteiger partial charge in [0.15, 0.2) is 0 Å². The first-order valence-corrected chi connectivity index (χ1v) is 7.73. The van der Waals surface area contributed by atoms with Crippen molar-refractivity contribution in [3.05, 3.63) is 35.4 Å². The van der Waals surface area contributed by atoms with Crippen molar-refractivity contribution < 1.29 is 4.74 Å². The molecule has 0 aliphatic heterocycles. The van der Waals surface area contributed by atoms with Crippen LogP contribution in [-0.4, -0.2) is 19.7 Å². The van der Waals surface area contributed by atoms with Crippen LogP contribution in [0.15, 0.2) is 24.3 Å². The lowest BCUT2D eigenvalue weighted by atomic mass is 10.0. The van der Waals surface area contributed by atoms with Crippen LogP contribution in [0.25, 0.3) is 0 Å². The predicted octanol–water partition coefficient (Wildman–Crippen LogP) is 3.69. The molecule has 106 valence electrons. The lowest BCUT2D eigenvalue weighted by Crippen LogP contribution is -2.14. The second-order valence-electron chi connectivity index (χ2n) is 5.55. The smallest absolute Gasteiger partial charge is 0.0723 e. The van der Waals surface area contributed by atoms with Crippen molar-refractivity contribution in [2.75, 3.05) is 13.6 Å². The molecule has 2 heteroatoms. The Morgan fingerprint density at radius 3 is 2.42 bits per heavy atom. The van der Waals surface area contributed by atoms with E-state index in [4.69, 9.17) is 4.74 Å². The summed E-state index contributed by atoms with van der Waals surface area (Å²) in [6.45, 7) is 1.81. The molecule has 0 amide bonds. The molecule has 0 spiro atoms. The maximum absolute atomic E-state index is 6.15. The molecule has 1 N–H and O–H groups in total. The highest BCUT2D eigenvalue weighted by molar-refractivity contribution is 5.26. The lowest BCUT2D eigenvalue weighted by molar-refractivity contribution is 0.0306. The maximum Gasteiger partial charge on any atom is 0.0723 e. The molecule has 0 radical (unpaired) electrons. The van der Waals surface area contributed by atoms with E-state index in [0.717, 1.165) is 19.6 Å². The van der Waals surface area contributed by atoms with E-state index in [1.165, 1.54) is 49.7 Å². The van der Waals surface area contributed by atoms with Crippen LogP contribution in [-0.2, 0) is 17.8 Å². The van der Waals surface area contributed by atoms with Gasteiger partial charge >= 0.3 is 0 Å². The minimum Gasteiger partial charge on any atom is -0.374 e. The van der Waals surface area contributed by atoms with Gasteiger partial charge in [0.1, 0.15) is 0 Å². The molecular weight excluding hydrogens is 234 g/mol. The predicted molar refractivity (Wildman–Crippen MR) is 80.4 cm³/mol. The third-order valence-corrected chi connectivity index (χ3v) is 4.04. The monoisotopic (exact) mass is 261 g/mol. The highest BCUT2D eigenvalue weighted by Crippen LogP contribution is 2.21. The van der Waals surface area contributed by atoms with Crippen LogP contribution in [0.1, 0.15) is 49.7 Å². The Kier molecular flexibility index (Phi) is 6.38. The van der Waals surface area contributed by atoms with Crippen LogP contribution in [0.2, 0.25) is 0 Å². The van der Waals surface area contributed by atoms with Crippen molar-refractivity contribution in [3.8, 4) is 0 Å². The van der Waals surface area contributed by atoms with Crippen LogP contribution in [0.4, 0.5) is 0 Å². The average Bonchev–Trinajstić information content (AvgIpc) is 2.72. The first-order valence-electron chi connectivity index (χ1n) is 7.73. The van der Waals surface area contributed by atoms with Crippen LogP contribution < -0.4 is 5.32 Å². The number of likely N-dealkylation sites (N-methyl/N-ethyl adjacent to an activating group) is 1. The van der Waals surface area contributed by atoms with Gasteiger partial charge in [-0.25, -0.2) is 0 Å². The van der Waals surface area contributed by atoms with Gasteiger partial charge in [0.25, 0.3) is 0 Å². The zero-order valence-electron chi connectivity index (χ0n) is 12.2. The highest BCUT2D eigenvalue weighted by atomic mass is 16.5. The largest absolute Gasteiger partial charge is 0.374 e. The zero-order chi connectivity index (χ0) is 13.3. The molecule has 19 heavy (non-hydrogen) atoms. The summed E-state index contributed by atoms with van der Waals surface area (Å²) in [5.41, 5.74) is 2.78. The second-order valence-corrected chi connectivity index (χ2v) is 5.55. The van der Waals surface area contributed by atoms with Crippen molar-refractivity contribution in [2.24, 2.45) is 0 Å². The van der Waals surface area contributed by atoms with Crippen LogP contribution >= 0.6 is 0 Å². The van der Waals surface area contributed by atoms with Crippen molar-refractivity contribution in [2.45, 2.75) is 57.7 Å². The third-order valence-electron chi connectivity index (χ3n) is 4.04. The average molecular weight is 261 g/mol. The molecule has 0 bridgehead atoms. The van der Waals surface area contributed by atoms with E-state index in [9.17, 15) is 0 Å². The minimum atomic E-state index is 0.486. The fourth-order valence-corrected chi connectivity index (χ4v) is 2.82. The Hall–Kier alpha value is -0.860. The number of nitrogens with one attached hydrogen (secondary N) is 1. The fraction of sp³-hybridized carbons (Fsp3) is 0.647. The number of hydrogen-bond donors (Lipinski definition) is 1. The number of hydrogen-bond acceptors (Lipinski definition) is 2. The van der Waals surface area contributed by atoms with Crippen LogP contribution in [0.3, 0.4) is 0 Å². The topological polar surface area (TPSA) is 21.3 Å². The Balaban J connectivity index is 1.87. The quantitative estimate of drug-likeness (QED) is 0.789. The summed E-state index contributed by atoms with van der Waals surface area (Å²) >= 11 is 0. The van der Waals surface area contributed by atoms with Gasteiger partial charge < -0.3 is 10.1 Å². The summed E-state index contributed by atoms with van der Waals surface area (Å²) in [4.78, 5) is 0. The molecule has 2 nitrogen and oxygen atoms in total. The molecule has 0 saturated heterocycles. The molecule has 0 atom stereocenters. The van der Waals surface area contributed by atoms with Crippen LogP contribution in [0, 0.1) is 0 Å². The minimum absolute atomic E-state index is 0.486. The van der Waals surface area contributed by atoms with Crippen molar-refractivity contribution in [1.29, 1.82) is 0 Å². The molecule has 1 aromatic rings. The van der Waals surface area contributed by atoms with Gasteiger partial charge in [-0.15, -0.1) is 0 Å². The molecular formula is C17H27NO. The van der Waals surface area contributed by atoms with Crippen molar-refractivity contribution in [1.82, 2.24) is 5.32 Å². The number of rotatable bonds is 6. The van der Waals surface area contributed by atoms with Gasteiger partial charge in [-0.3, -0.25) is 0 Å². The van der Waals surface area contributed by atoms with E-state index >= 15 is 0 Å². The molecule has 0 aromatic heterocycles. The van der Waals surface area contributed by atoms with Gasteiger partial charge in [0.2, 0.25) is 0 Å². The summed E-state index contributed by atoms with van der Waals surface area (Å²) < 4.78 is 6.15. The summed E-state index contributed by atoms with van der Waals surface area (Å²) in [6.07, 6.45) is 9.52. The lowest BCUT2D eigenvalue weighted by Gasteiger charge is -2.17. The van der Waals surface area contributed by atoms with Gasteiger partial charge in [-0.2, -0.15) is 0 Å². The SMILES string of the molecule is CNCCc1ccccc1COC1CCCCCC1. The van der Waals surface area contributed by atoms with Gasteiger partial charge in [-0.05, 0) is 44.0 Å². The Labute approximate surface area is 117 Å². The summed E-state index contributed by atoms with van der Waals surface area (Å²) in [5.74, 6) is 0. The molecule has 1 aliphatic carbocycles. The summed E-state index contributed by atoms with van der Waals surface area (Å²) in [6, 6.07) is 8.68. The molecule has 0 heterocycles. The van der Waals surface area contributed by atoms with E-state index in [-0.39, 0.29) is 0 Å². The number of benzene rings is 1. The second kappa shape index (κ2) is 8.34. The highest BCUT2D eigenvalue weighted by Gasteiger charge is 2.13. The first-order chi connectivity index (χ1) is 9.40. The summed E-state index contributed by atoms with van der Waals surface area (Å²) in [7, 11) is 2.00. The van der Waals surface area contributed by atoms with Gasteiger partial charge in [-0.1, -0.05) is 49.9 Å². The fourth-order valence-electron chi connectivity index (χ4n) is 2.82. The van der Waals surface area contributed by atoms with Crippen molar-refractivity contribution >= 4 is 0 Å². The molecule has 1 aromatic carbocycles. The molecule has 0 unspecified atom stereocenters. The molecule has 1 fully saturated rings. The van der Waals surface area contributed by atoms with E-state index < -0.39 is 0 Å². The van der Waals surface area contributed by atoms with Gasteiger partial charge in [0, 0.05) is 0 Å². The van der Waals surface area contributed by atoms with E-state index in [1.54, 1.807) is 0 Å². The Morgan fingerprint density at radius 2 is 1.74 bits per heavy atom. The molecule has 1 aliphatic rings. The standard InChI is InChI=1S/C17H27NO/c1-18-13-12-15-8-6-7-9-16(15)14-19-17-10-4-2-3-5-11-17/h6-9,17-18H,2-5,10-14H2,1H3. The van der Waals surface area contributed by atoms with E-state index in [0.29, 0.717) is 6.10 Å². The van der Waals surface area contributed by atoms with Crippen LogP contribution in [0.5, 0.6) is 0 Å². The first kappa shape index (κ1) is 14.5. The van der Waals surface area contributed by atoms with E-state index in [2.05, 4.69) is 29.6 Å². The Morgan fingerprint density at radius 1 is 1.05 bits per heavy atom. The van der Waals surface area contributed by atoms with Crippen molar-refractivity contribution in [3.63, 3.8) is 0 Å².